The first-order chi connectivity index (χ1) is 8.27. The minimum Gasteiger partial charge on any atom is -0.334 e. The quantitative estimate of drug-likeness (QED) is 0.645. The molecule has 2 rings (SSSR count). The van der Waals surface area contributed by atoms with Crippen LogP contribution in [0.25, 0.3) is 0 Å². The number of rotatable bonds is 0. The van der Waals surface area contributed by atoms with Gasteiger partial charge in [-0.2, -0.15) is 0 Å². The Morgan fingerprint density at radius 3 is 2.47 bits per heavy atom. The van der Waals surface area contributed by atoms with E-state index in [4.69, 9.17) is 0 Å². The Morgan fingerprint density at radius 2 is 1.88 bits per heavy atom. The van der Waals surface area contributed by atoms with Crippen LogP contribution in [0.15, 0.2) is 4.99 Å². The van der Waals surface area contributed by atoms with Crippen molar-refractivity contribution in [2.24, 2.45) is 4.99 Å². The first-order valence-corrected chi connectivity index (χ1v) is 7.03. The Morgan fingerprint density at radius 1 is 1.18 bits per heavy atom. The van der Waals surface area contributed by atoms with Crippen LogP contribution in [0.2, 0.25) is 0 Å². The van der Waals surface area contributed by atoms with Gasteiger partial charge in [0.25, 0.3) is 0 Å². The van der Waals surface area contributed by atoms with Crippen molar-refractivity contribution >= 4 is 28.7 Å². The first-order valence-electron chi connectivity index (χ1n) is 6.05. The molecule has 1 fully saturated rings. The molecule has 2 amide bonds. The summed E-state index contributed by atoms with van der Waals surface area (Å²) in [5.41, 5.74) is 0. The van der Waals surface area contributed by atoms with Gasteiger partial charge in [-0.15, -0.1) is 0 Å². The highest BCUT2D eigenvalue weighted by Crippen LogP contribution is 2.11. The summed E-state index contributed by atoms with van der Waals surface area (Å²) in [6.07, 6.45) is 4.28. The highest BCUT2D eigenvalue weighted by Gasteiger charge is 2.24. The van der Waals surface area contributed by atoms with Crippen molar-refractivity contribution in [3.63, 3.8) is 0 Å². The van der Waals surface area contributed by atoms with Crippen LogP contribution in [0, 0.1) is 0 Å². The van der Waals surface area contributed by atoms with E-state index < -0.39 is 11.8 Å². The summed E-state index contributed by atoms with van der Waals surface area (Å²) in [5.74, 6) is -0.0739. The SMILES string of the molecule is O=C(NC1=NCCS1)C(=O)N1CCCCCC1. The van der Waals surface area contributed by atoms with Crippen molar-refractivity contribution in [1.82, 2.24) is 10.2 Å². The van der Waals surface area contributed by atoms with Gasteiger partial charge in [-0.05, 0) is 12.8 Å². The number of thioether (sulfide) groups is 1. The Hall–Kier alpha value is -1.04. The fourth-order valence-corrected chi connectivity index (χ4v) is 2.70. The molecule has 2 aliphatic rings. The zero-order valence-corrected chi connectivity index (χ0v) is 10.6. The van der Waals surface area contributed by atoms with Crippen molar-refractivity contribution in [3.05, 3.63) is 0 Å². The Labute approximate surface area is 105 Å². The summed E-state index contributed by atoms with van der Waals surface area (Å²) in [5, 5.41) is 3.16. The molecule has 6 heteroatoms. The molecule has 2 heterocycles. The van der Waals surface area contributed by atoms with Crippen LogP contribution in [0.1, 0.15) is 25.7 Å². The maximum Gasteiger partial charge on any atom is 0.315 e. The van der Waals surface area contributed by atoms with E-state index in [1.807, 2.05) is 0 Å². The van der Waals surface area contributed by atoms with Gasteiger partial charge >= 0.3 is 11.8 Å². The van der Waals surface area contributed by atoms with Crippen LogP contribution in [-0.4, -0.2) is 47.3 Å². The van der Waals surface area contributed by atoms with Crippen LogP contribution in [0.5, 0.6) is 0 Å². The van der Waals surface area contributed by atoms with Gasteiger partial charge in [0.05, 0.1) is 6.54 Å². The third kappa shape index (κ3) is 3.46. The number of aliphatic imine (C=N–C) groups is 1. The van der Waals surface area contributed by atoms with E-state index in [2.05, 4.69) is 10.3 Å². The van der Waals surface area contributed by atoms with E-state index in [1.54, 1.807) is 4.90 Å². The van der Waals surface area contributed by atoms with Gasteiger partial charge < -0.3 is 4.90 Å². The van der Waals surface area contributed by atoms with E-state index in [0.29, 0.717) is 18.3 Å². The third-order valence-electron chi connectivity index (χ3n) is 2.89. The number of amidine groups is 1. The van der Waals surface area contributed by atoms with Gasteiger partial charge in [-0.3, -0.25) is 19.9 Å². The molecule has 0 aliphatic carbocycles. The van der Waals surface area contributed by atoms with Crippen molar-refractivity contribution in [3.8, 4) is 0 Å². The van der Waals surface area contributed by atoms with E-state index in [0.717, 1.165) is 38.0 Å². The van der Waals surface area contributed by atoms with E-state index >= 15 is 0 Å². The minimum atomic E-state index is -0.542. The zero-order valence-electron chi connectivity index (χ0n) is 9.78. The molecule has 0 aromatic carbocycles. The van der Waals surface area contributed by atoms with Crippen LogP contribution < -0.4 is 5.32 Å². The van der Waals surface area contributed by atoms with Gasteiger partial charge in [0.1, 0.15) is 0 Å². The molecule has 0 saturated carbocycles. The molecule has 0 spiro atoms. The highest BCUT2D eigenvalue weighted by atomic mass is 32.2. The summed E-state index contributed by atoms with van der Waals surface area (Å²) in [4.78, 5) is 29.4. The summed E-state index contributed by atoms with van der Waals surface area (Å²) in [6, 6.07) is 0. The number of nitrogens with one attached hydrogen (secondary N) is 1. The molecular weight excluding hydrogens is 238 g/mol. The largest absolute Gasteiger partial charge is 0.334 e. The second kappa shape index (κ2) is 6.05. The number of nitrogens with zero attached hydrogens (tertiary/aromatic N) is 2. The van der Waals surface area contributed by atoms with Gasteiger partial charge in [0.2, 0.25) is 0 Å². The van der Waals surface area contributed by atoms with Gasteiger partial charge in [-0.25, -0.2) is 0 Å². The monoisotopic (exact) mass is 255 g/mol. The summed E-state index contributed by atoms with van der Waals surface area (Å²) in [7, 11) is 0. The second-order valence-corrected chi connectivity index (χ2v) is 5.28. The van der Waals surface area contributed by atoms with E-state index in [-0.39, 0.29) is 0 Å². The lowest BCUT2D eigenvalue weighted by Gasteiger charge is -2.19. The Balaban J connectivity index is 1.86. The van der Waals surface area contributed by atoms with Crippen molar-refractivity contribution < 1.29 is 9.59 Å². The fourth-order valence-electron chi connectivity index (χ4n) is 1.98. The van der Waals surface area contributed by atoms with E-state index in [1.165, 1.54) is 11.8 Å². The number of carbonyl (C=O) groups excluding carboxylic acids is 2. The van der Waals surface area contributed by atoms with Gasteiger partial charge in [-0.1, -0.05) is 24.6 Å². The maximum atomic E-state index is 11.9. The minimum absolute atomic E-state index is 0.415. The number of amides is 2. The third-order valence-corrected chi connectivity index (χ3v) is 3.78. The maximum absolute atomic E-state index is 11.9. The topological polar surface area (TPSA) is 61.8 Å². The lowest BCUT2D eigenvalue weighted by Crippen LogP contribution is -2.44. The first kappa shape index (κ1) is 12.4. The summed E-state index contributed by atoms with van der Waals surface area (Å²) in [6.45, 7) is 2.12. The average Bonchev–Trinajstić information content (AvgIpc) is 2.68. The predicted molar refractivity (Wildman–Crippen MR) is 68.0 cm³/mol. The van der Waals surface area contributed by atoms with Gasteiger partial charge in [0.15, 0.2) is 5.17 Å². The standard InChI is InChI=1S/C11H17N3O2S/c15-9(13-11-12-5-8-17-11)10(16)14-6-3-1-2-4-7-14/h1-8H2,(H,12,13,15). The Bertz CT molecular complexity index is 336. The summed E-state index contributed by atoms with van der Waals surface area (Å²) < 4.78 is 0. The molecule has 0 atom stereocenters. The molecule has 0 aromatic rings. The van der Waals surface area contributed by atoms with Crippen molar-refractivity contribution in [2.75, 3.05) is 25.4 Å². The number of hydrogen-bond donors (Lipinski definition) is 1. The van der Waals surface area contributed by atoms with Crippen LogP contribution in [0.4, 0.5) is 0 Å². The van der Waals surface area contributed by atoms with Crippen LogP contribution in [0.3, 0.4) is 0 Å². The average molecular weight is 255 g/mol. The molecule has 1 saturated heterocycles. The molecule has 2 aliphatic heterocycles. The lowest BCUT2D eigenvalue weighted by atomic mass is 10.2. The van der Waals surface area contributed by atoms with Crippen molar-refractivity contribution in [2.45, 2.75) is 25.7 Å². The molecule has 0 aromatic heterocycles. The number of likely N-dealkylation sites (tertiary alicyclic amines) is 1. The summed E-state index contributed by atoms with van der Waals surface area (Å²) >= 11 is 1.49. The second-order valence-electron chi connectivity index (χ2n) is 4.20. The normalized spacial score (nSPS) is 20.7. The predicted octanol–water partition coefficient (Wildman–Crippen LogP) is 0.608. The highest BCUT2D eigenvalue weighted by molar-refractivity contribution is 8.14. The molecule has 0 unspecified atom stereocenters. The molecule has 5 nitrogen and oxygen atoms in total. The molecule has 0 bridgehead atoms. The zero-order chi connectivity index (χ0) is 12.1. The molecule has 1 N–H and O–H groups in total. The Kier molecular flexibility index (Phi) is 4.42. The smallest absolute Gasteiger partial charge is 0.315 e. The molecule has 17 heavy (non-hydrogen) atoms. The number of carbonyl (C=O) groups is 2. The van der Waals surface area contributed by atoms with Gasteiger partial charge in [0, 0.05) is 18.8 Å². The van der Waals surface area contributed by atoms with Crippen molar-refractivity contribution in [1.29, 1.82) is 0 Å². The molecule has 0 radical (unpaired) electrons. The number of hydrogen-bond acceptors (Lipinski definition) is 4. The molecular formula is C11H17N3O2S. The fraction of sp³-hybridized carbons (Fsp3) is 0.727. The lowest BCUT2D eigenvalue weighted by molar-refractivity contribution is -0.145. The van der Waals surface area contributed by atoms with Crippen LogP contribution >= 0.6 is 11.8 Å². The molecule has 94 valence electrons. The van der Waals surface area contributed by atoms with Crippen LogP contribution in [-0.2, 0) is 9.59 Å². The van der Waals surface area contributed by atoms with E-state index in [9.17, 15) is 9.59 Å².